The Morgan fingerprint density at radius 2 is 1.71 bits per heavy atom. The molecular weight excluding hydrogens is 216 g/mol. The zero-order chi connectivity index (χ0) is 12.6. The lowest BCUT2D eigenvalue weighted by Gasteiger charge is -2.27. The molecule has 1 N–H and O–H groups in total. The number of benzene rings is 1. The van der Waals surface area contributed by atoms with Crippen LogP contribution in [0.3, 0.4) is 0 Å². The summed E-state index contributed by atoms with van der Waals surface area (Å²) < 4.78 is 0. The molecule has 3 nitrogen and oxygen atoms in total. The van der Waals surface area contributed by atoms with E-state index in [1.807, 2.05) is 0 Å². The summed E-state index contributed by atoms with van der Waals surface area (Å²) in [6.45, 7) is 3.33. The maximum absolute atomic E-state index is 12.2. The van der Waals surface area contributed by atoms with Crippen molar-refractivity contribution in [2.75, 3.05) is 6.61 Å². The second-order valence-electron chi connectivity index (χ2n) is 4.84. The highest BCUT2D eigenvalue weighted by Crippen LogP contribution is 2.33. The molecule has 0 heterocycles. The third-order valence-corrected chi connectivity index (χ3v) is 3.08. The van der Waals surface area contributed by atoms with Crippen molar-refractivity contribution in [1.82, 2.24) is 0 Å². The Labute approximate surface area is 99.8 Å². The van der Waals surface area contributed by atoms with E-state index in [4.69, 9.17) is 0 Å². The summed E-state index contributed by atoms with van der Waals surface area (Å²) >= 11 is 0. The third kappa shape index (κ3) is 1.83. The van der Waals surface area contributed by atoms with E-state index in [1.54, 1.807) is 38.1 Å². The Hall–Kier alpha value is -1.74. The number of hydrogen-bond acceptors (Lipinski definition) is 3. The molecule has 0 saturated heterocycles. The molecule has 88 valence electrons. The van der Waals surface area contributed by atoms with Crippen LogP contribution >= 0.6 is 0 Å². The molecule has 1 aliphatic carbocycles. The molecule has 0 fully saturated rings. The minimum Gasteiger partial charge on any atom is -0.395 e. The van der Waals surface area contributed by atoms with Crippen molar-refractivity contribution in [2.24, 2.45) is 5.41 Å². The molecule has 0 spiro atoms. The van der Waals surface area contributed by atoms with E-state index in [0.29, 0.717) is 16.7 Å². The van der Waals surface area contributed by atoms with Gasteiger partial charge in [0.25, 0.3) is 0 Å². The maximum Gasteiger partial charge on any atom is 0.190 e. The fraction of sp³-hybridized carbons (Fsp3) is 0.286. The molecule has 0 aromatic heterocycles. The predicted molar refractivity (Wildman–Crippen MR) is 64.1 cm³/mol. The van der Waals surface area contributed by atoms with Crippen molar-refractivity contribution in [3.05, 3.63) is 47.0 Å². The van der Waals surface area contributed by atoms with Gasteiger partial charge >= 0.3 is 0 Å². The van der Waals surface area contributed by atoms with Crippen molar-refractivity contribution in [3.63, 3.8) is 0 Å². The van der Waals surface area contributed by atoms with Gasteiger partial charge < -0.3 is 5.11 Å². The van der Waals surface area contributed by atoms with Gasteiger partial charge in [-0.05, 0) is 6.08 Å². The number of aliphatic hydroxyl groups is 1. The number of carbonyl (C=O) groups is 2. The second kappa shape index (κ2) is 3.93. The lowest BCUT2D eigenvalue weighted by atomic mass is 9.76. The Morgan fingerprint density at radius 1 is 1.12 bits per heavy atom. The van der Waals surface area contributed by atoms with Gasteiger partial charge in [-0.1, -0.05) is 38.1 Å². The molecule has 0 bridgehead atoms. The summed E-state index contributed by atoms with van der Waals surface area (Å²) in [7, 11) is 0. The smallest absolute Gasteiger partial charge is 0.190 e. The van der Waals surface area contributed by atoms with E-state index in [2.05, 4.69) is 0 Å². The number of aliphatic hydroxyl groups excluding tert-OH is 1. The van der Waals surface area contributed by atoms with E-state index < -0.39 is 5.41 Å². The number of fused-ring (bicyclic) bond motifs is 1. The first-order valence-electron chi connectivity index (χ1n) is 5.48. The summed E-state index contributed by atoms with van der Waals surface area (Å²) in [6.07, 6.45) is 1.35. The van der Waals surface area contributed by atoms with Crippen molar-refractivity contribution >= 4 is 11.6 Å². The van der Waals surface area contributed by atoms with Crippen LogP contribution < -0.4 is 0 Å². The Morgan fingerprint density at radius 3 is 2.29 bits per heavy atom. The van der Waals surface area contributed by atoms with Gasteiger partial charge in [-0.15, -0.1) is 0 Å². The molecule has 1 aromatic carbocycles. The largest absolute Gasteiger partial charge is 0.395 e. The van der Waals surface area contributed by atoms with Gasteiger partial charge in [-0.3, -0.25) is 9.59 Å². The highest BCUT2D eigenvalue weighted by atomic mass is 16.3. The lowest BCUT2D eigenvalue weighted by molar-refractivity contribution is 0.0940. The molecule has 0 atom stereocenters. The topological polar surface area (TPSA) is 54.4 Å². The van der Waals surface area contributed by atoms with Gasteiger partial charge in [0, 0.05) is 22.1 Å². The molecule has 3 heteroatoms. The number of hydrogen-bond donors (Lipinski definition) is 1. The molecule has 0 amide bonds. The first-order chi connectivity index (χ1) is 7.97. The zero-order valence-corrected chi connectivity index (χ0v) is 9.86. The van der Waals surface area contributed by atoms with Crippen LogP contribution in [0.5, 0.6) is 0 Å². The van der Waals surface area contributed by atoms with E-state index in [9.17, 15) is 14.7 Å². The summed E-state index contributed by atoms with van der Waals surface area (Å²) in [5.41, 5.74) is 0.551. The average Bonchev–Trinajstić information content (AvgIpc) is 2.33. The minimum absolute atomic E-state index is 0.167. The maximum atomic E-state index is 12.2. The Balaban J connectivity index is 2.57. The first kappa shape index (κ1) is 11.7. The summed E-state index contributed by atoms with van der Waals surface area (Å²) in [4.78, 5) is 24.1. The minimum atomic E-state index is -0.694. The lowest BCUT2D eigenvalue weighted by Crippen LogP contribution is -2.29. The van der Waals surface area contributed by atoms with Gasteiger partial charge in [0.2, 0.25) is 0 Å². The van der Waals surface area contributed by atoms with E-state index in [0.717, 1.165) is 0 Å². The van der Waals surface area contributed by atoms with Crippen molar-refractivity contribution in [3.8, 4) is 0 Å². The van der Waals surface area contributed by atoms with Crippen molar-refractivity contribution in [2.45, 2.75) is 13.8 Å². The molecule has 0 radical (unpaired) electrons. The number of allylic oxidation sites excluding steroid dienone is 1. The van der Waals surface area contributed by atoms with E-state index >= 15 is 0 Å². The summed E-state index contributed by atoms with van der Waals surface area (Å²) in [6, 6.07) is 6.77. The van der Waals surface area contributed by atoms with Gasteiger partial charge in [0.1, 0.15) is 0 Å². The second-order valence-corrected chi connectivity index (χ2v) is 4.84. The van der Waals surface area contributed by atoms with E-state index in [1.165, 1.54) is 6.08 Å². The number of Topliss-reactive ketones (excluding diaryl/α,β-unsaturated/α-hetero) is 1. The zero-order valence-electron chi connectivity index (χ0n) is 9.86. The van der Waals surface area contributed by atoms with Crippen LogP contribution in [-0.2, 0) is 0 Å². The number of rotatable bonds is 2. The molecule has 1 aromatic rings. The van der Waals surface area contributed by atoms with Crippen LogP contribution in [0, 0.1) is 5.41 Å². The van der Waals surface area contributed by atoms with Gasteiger partial charge in [-0.2, -0.15) is 0 Å². The fourth-order valence-corrected chi connectivity index (χ4v) is 1.90. The molecule has 0 saturated carbocycles. The normalized spacial score (nSPS) is 15.6. The monoisotopic (exact) mass is 230 g/mol. The molecule has 2 rings (SSSR count). The Kier molecular flexibility index (Phi) is 2.71. The van der Waals surface area contributed by atoms with Crippen LogP contribution in [0.2, 0.25) is 0 Å². The number of carbonyl (C=O) groups excluding carboxylic acids is 2. The van der Waals surface area contributed by atoms with Crippen LogP contribution in [0.25, 0.3) is 0 Å². The molecule has 0 aliphatic heterocycles. The predicted octanol–water partition coefficient (Wildman–Crippen LogP) is 2.01. The molecule has 17 heavy (non-hydrogen) atoms. The summed E-state index contributed by atoms with van der Waals surface area (Å²) in [5, 5.41) is 9.29. The summed E-state index contributed by atoms with van der Waals surface area (Å²) in [5.74, 6) is -0.337. The quantitative estimate of drug-likeness (QED) is 0.845. The first-order valence-corrected chi connectivity index (χ1v) is 5.48. The van der Waals surface area contributed by atoms with Crippen LogP contribution in [0.4, 0.5) is 0 Å². The van der Waals surface area contributed by atoms with Crippen molar-refractivity contribution in [1.29, 1.82) is 0 Å². The fourth-order valence-electron chi connectivity index (χ4n) is 1.90. The van der Waals surface area contributed by atoms with Gasteiger partial charge in [-0.25, -0.2) is 0 Å². The standard InChI is InChI=1S/C14H14O3/c1-14(2,8-15)11-7-12(16)9-5-3-4-6-10(9)13(11)17/h3-7,15H,8H2,1-2H3. The highest BCUT2D eigenvalue weighted by molar-refractivity contribution is 6.24. The van der Waals surface area contributed by atoms with Crippen LogP contribution in [-0.4, -0.2) is 23.3 Å². The SMILES string of the molecule is CC(C)(CO)C1=CC(=O)c2ccccc2C1=O. The van der Waals surface area contributed by atoms with Gasteiger partial charge in [0.15, 0.2) is 11.6 Å². The third-order valence-electron chi connectivity index (χ3n) is 3.08. The van der Waals surface area contributed by atoms with Crippen molar-refractivity contribution < 1.29 is 14.7 Å². The Bertz CT molecular complexity index is 524. The highest BCUT2D eigenvalue weighted by Gasteiger charge is 2.34. The average molecular weight is 230 g/mol. The molecule has 1 aliphatic rings. The molecule has 0 unspecified atom stereocenters. The van der Waals surface area contributed by atoms with Crippen LogP contribution in [0.15, 0.2) is 35.9 Å². The molecular formula is C14H14O3. The van der Waals surface area contributed by atoms with Gasteiger partial charge in [0.05, 0.1) is 6.61 Å². The number of ketones is 2. The van der Waals surface area contributed by atoms with E-state index in [-0.39, 0.29) is 18.2 Å². The van der Waals surface area contributed by atoms with Crippen LogP contribution in [0.1, 0.15) is 34.6 Å².